The number of carboxylic acid groups (broad SMARTS) is 1. The Kier molecular flexibility index (Phi) is 7.45. The Hall–Kier alpha value is -2.54. The summed E-state index contributed by atoms with van der Waals surface area (Å²) in [6.07, 6.45) is 1.33. The molecule has 28 heavy (non-hydrogen) atoms. The Morgan fingerprint density at radius 2 is 1.89 bits per heavy atom. The van der Waals surface area contributed by atoms with E-state index in [1.54, 1.807) is 23.1 Å². The number of carbonyl (C=O) groups is 3. The third kappa shape index (κ3) is 5.99. The molecule has 1 aliphatic rings. The molecule has 1 amide bonds. The highest BCUT2D eigenvalue weighted by atomic mass is 19.1. The van der Waals surface area contributed by atoms with Crippen molar-refractivity contribution in [1.29, 1.82) is 0 Å². The van der Waals surface area contributed by atoms with Crippen molar-refractivity contribution in [3.63, 3.8) is 0 Å². The third-order valence-corrected chi connectivity index (χ3v) is 4.98. The maximum Gasteiger partial charge on any atom is 0.305 e. The molecule has 7 heteroatoms. The molecule has 0 saturated carbocycles. The van der Waals surface area contributed by atoms with Gasteiger partial charge in [-0.3, -0.25) is 14.4 Å². The van der Waals surface area contributed by atoms with Crippen LogP contribution in [0.4, 0.5) is 4.39 Å². The summed E-state index contributed by atoms with van der Waals surface area (Å²) in [6.45, 7) is 4.34. The van der Waals surface area contributed by atoms with Crippen LogP contribution in [0.15, 0.2) is 36.4 Å². The number of allylic oxidation sites excluding steroid dienone is 1. The van der Waals surface area contributed by atoms with Gasteiger partial charge in [-0.1, -0.05) is 32.1 Å². The second kappa shape index (κ2) is 9.59. The van der Waals surface area contributed by atoms with Crippen molar-refractivity contribution >= 4 is 17.7 Å². The lowest BCUT2D eigenvalue weighted by Crippen LogP contribution is -2.34. The Morgan fingerprint density at radius 1 is 1.25 bits per heavy atom. The second-order valence-corrected chi connectivity index (χ2v) is 7.53. The van der Waals surface area contributed by atoms with E-state index in [4.69, 9.17) is 5.11 Å². The number of hydrogen-bond acceptors (Lipinski definition) is 4. The van der Waals surface area contributed by atoms with Crippen molar-refractivity contribution in [2.45, 2.75) is 51.8 Å². The molecule has 1 aromatic carbocycles. The standard InChI is InChI=1S/C21H26FNO5/c1-13(2)18-11-20(26)23(12-14-3-5-15(22)6-4-14)19(18)8-7-16(24)9-17(25)10-21(27)28/h3-8,13,17-19,25H,9-12H2,1-2H3,(H,27,28)/t17-,18-,19+/m1/s1. The normalized spacial score (nSPS) is 20.9. The predicted octanol–water partition coefficient (Wildman–Crippen LogP) is 2.55. The van der Waals surface area contributed by atoms with Crippen molar-refractivity contribution in [3.05, 3.63) is 47.8 Å². The highest BCUT2D eigenvalue weighted by Crippen LogP contribution is 2.33. The Morgan fingerprint density at radius 3 is 2.46 bits per heavy atom. The van der Waals surface area contributed by atoms with Crippen LogP contribution in [-0.2, 0) is 20.9 Å². The lowest BCUT2D eigenvalue weighted by atomic mass is 9.88. The van der Waals surface area contributed by atoms with Crippen LogP contribution in [0, 0.1) is 17.7 Å². The lowest BCUT2D eigenvalue weighted by molar-refractivity contribution is -0.139. The molecule has 3 atom stereocenters. The van der Waals surface area contributed by atoms with Crippen LogP contribution in [0.5, 0.6) is 0 Å². The van der Waals surface area contributed by atoms with Gasteiger partial charge in [-0.2, -0.15) is 0 Å². The summed E-state index contributed by atoms with van der Waals surface area (Å²) < 4.78 is 13.1. The van der Waals surface area contributed by atoms with E-state index < -0.39 is 24.3 Å². The third-order valence-electron chi connectivity index (χ3n) is 4.98. The summed E-state index contributed by atoms with van der Waals surface area (Å²) in [5.41, 5.74) is 0.792. The number of nitrogens with zero attached hydrogens (tertiary/aromatic N) is 1. The molecule has 0 unspecified atom stereocenters. The molecule has 1 aromatic rings. The van der Waals surface area contributed by atoms with Crippen LogP contribution >= 0.6 is 0 Å². The molecular formula is C21H26FNO5. The van der Waals surface area contributed by atoms with Gasteiger partial charge < -0.3 is 15.1 Å². The zero-order valence-electron chi connectivity index (χ0n) is 16.0. The first-order chi connectivity index (χ1) is 13.2. The SMILES string of the molecule is CC(C)[C@H]1CC(=O)N(Cc2ccc(F)cc2)[C@H]1C=CC(=O)C[C@@H](O)CC(=O)O. The van der Waals surface area contributed by atoms with Crippen molar-refractivity contribution in [2.75, 3.05) is 0 Å². The number of benzene rings is 1. The van der Waals surface area contributed by atoms with E-state index in [9.17, 15) is 23.9 Å². The van der Waals surface area contributed by atoms with Gasteiger partial charge in [-0.05, 0) is 35.6 Å². The van der Waals surface area contributed by atoms with Crippen LogP contribution in [0.2, 0.25) is 0 Å². The highest BCUT2D eigenvalue weighted by molar-refractivity contribution is 5.90. The topological polar surface area (TPSA) is 94.9 Å². The minimum Gasteiger partial charge on any atom is -0.481 e. The van der Waals surface area contributed by atoms with E-state index in [1.807, 2.05) is 13.8 Å². The van der Waals surface area contributed by atoms with Crippen LogP contribution in [0.25, 0.3) is 0 Å². The molecular weight excluding hydrogens is 365 g/mol. The fourth-order valence-electron chi connectivity index (χ4n) is 3.47. The summed E-state index contributed by atoms with van der Waals surface area (Å²) >= 11 is 0. The summed E-state index contributed by atoms with van der Waals surface area (Å²) in [5.74, 6) is -1.70. The summed E-state index contributed by atoms with van der Waals surface area (Å²) in [4.78, 5) is 36.9. The van der Waals surface area contributed by atoms with E-state index in [-0.39, 0.29) is 36.0 Å². The molecule has 1 aliphatic heterocycles. The molecule has 1 saturated heterocycles. The number of carboxylic acids is 1. The van der Waals surface area contributed by atoms with Crippen LogP contribution in [0.1, 0.15) is 38.7 Å². The Balaban J connectivity index is 2.12. The molecule has 152 valence electrons. The van der Waals surface area contributed by atoms with Gasteiger partial charge in [0.1, 0.15) is 5.82 Å². The first-order valence-corrected chi connectivity index (χ1v) is 9.32. The van der Waals surface area contributed by atoms with Crippen LogP contribution in [-0.4, -0.2) is 44.9 Å². The number of aliphatic carboxylic acids is 1. The van der Waals surface area contributed by atoms with Gasteiger partial charge >= 0.3 is 5.97 Å². The number of aliphatic hydroxyl groups is 1. The number of likely N-dealkylation sites (tertiary alicyclic amines) is 1. The minimum atomic E-state index is -1.24. The van der Waals surface area contributed by atoms with E-state index in [1.165, 1.54) is 18.2 Å². The Labute approximate surface area is 163 Å². The highest BCUT2D eigenvalue weighted by Gasteiger charge is 2.39. The number of carbonyl (C=O) groups excluding carboxylic acids is 2. The number of aliphatic hydroxyl groups excluding tert-OH is 1. The molecule has 0 aromatic heterocycles. The molecule has 2 N–H and O–H groups in total. The minimum absolute atomic E-state index is 0.0286. The number of rotatable bonds is 9. The molecule has 0 aliphatic carbocycles. The van der Waals surface area contributed by atoms with Crippen molar-refractivity contribution in [3.8, 4) is 0 Å². The fourth-order valence-corrected chi connectivity index (χ4v) is 3.47. The number of amides is 1. The number of ketones is 1. The summed E-state index contributed by atoms with van der Waals surface area (Å²) in [6, 6.07) is 5.64. The molecule has 1 heterocycles. The van der Waals surface area contributed by atoms with Gasteiger partial charge in [0.2, 0.25) is 5.91 Å². The van der Waals surface area contributed by atoms with E-state index in [0.717, 1.165) is 5.56 Å². The van der Waals surface area contributed by atoms with Gasteiger partial charge in [-0.15, -0.1) is 0 Å². The zero-order valence-corrected chi connectivity index (χ0v) is 16.0. The van der Waals surface area contributed by atoms with E-state index in [0.29, 0.717) is 13.0 Å². The van der Waals surface area contributed by atoms with Crippen molar-refractivity contribution in [1.82, 2.24) is 4.90 Å². The maximum atomic E-state index is 13.1. The molecule has 0 bridgehead atoms. The zero-order chi connectivity index (χ0) is 20.8. The Bertz CT molecular complexity index is 744. The lowest BCUT2D eigenvalue weighted by Gasteiger charge is -2.27. The smallest absolute Gasteiger partial charge is 0.305 e. The molecule has 0 spiro atoms. The number of halogens is 1. The monoisotopic (exact) mass is 391 g/mol. The average Bonchev–Trinajstić information content (AvgIpc) is 2.90. The maximum absolute atomic E-state index is 13.1. The predicted molar refractivity (Wildman–Crippen MR) is 101 cm³/mol. The molecule has 6 nitrogen and oxygen atoms in total. The van der Waals surface area contributed by atoms with Gasteiger partial charge in [0, 0.05) is 19.4 Å². The van der Waals surface area contributed by atoms with Crippen LogP contribution in [0.3, 0.4) is 0 Å². The van der Waals surface area contributed by atoms with Gasteiger partial charge in [0.05, 0.1) is 18.6 Å². The largest absolute Gasteiger partial charge is 0.481 e. The first-order valence-electron chi connectivity index (χ1n) is 9.32. The summed E-state index contributed by atoms with van der Waals surface area (Å²) in [5, 5.41) is 18.3. The second-order valence-electron chi connectivity index (χ2n) is 7.53. The molecule has 2 rings (SSSR count). The van der Waals surface area contributed by atoms with Crippen LogP contribution < -0.4 is 0 Å². The average molecular weight is 391 g/mol. The van der Waals surface area contributed by atoms with Crippen molar-refractivity contribution in [2.24, 2.45) is 11.8 Å². The first kappa shape index (κ1) is 21.8. The van der Waals surface area contributed by atoms with Gasteiger partial charge in [-0.25, -0.2) is 4.39 Å². The van der Waals surface area contributed by atoms with Gasteiger partial charge in [0.25, 0.3) is 0 Å². The van der Waals surface area contributed by atoms with Crippen molar-refractivity contribution < 1.29 is 29.0 Å². The fraction of sp³-hybridized carbons (Fsp3) is 0.476. The quantitative estimate of drug-likeness (QED) is 0.631. The molecule has 0 radical (unpaired) electrons. The summed E-state index contributed by atoms with van der Waals surface area (Å²) in [7, 11) is 0. The number of hydrogen-bond donors (Lipinski definition) is 2. The molecule has 1 fully saturated rings. The van der Waals surface area contributed by atoms with E-state index in [2.05, 4.69) is 0 Å². The van der Waals surface area contributed by atoms with E-state index >= 15 is 0 Å². The van der Waals surface area contributed by atoms with Gasteiger partial charge in [0.15, 0.2) is 5.78 Å².